The first-order valence-corrected chi connectivity index (χ1v) is 12.0. The van der Waals surface area contributed by atoms with E-state index in [0.29, 0.717) is 39.8 Å². The molecule has 162 valence electrons. The molecule has 1 saturated carbocycles. The van der Waals surface area contributed by atoms with Crippen molar-refractivity contribution in [3.05, 3.63) is 48.0 Å². The molecule has 2 unspecified atom stereocenters. The van der Waals surface area contributed by atoms with Crippen LogP contribution < -0.4 is 20.1 Å². The van der Waals surface area contributed by atoms with Gasteiger partial charge in [-0.05, 0) is 67.7 Å². The van der Waals surface area contributed by atoms with Crippen LogP contribution in [0.4, 0.5) is 11.4 Å². The zero-order valence-electron chi connectivity index (χ0n) is 17.6. The number of anilines is 2. The highest BCUT2D eigenvalue weighted by atomic mass is 32.2. The second-order valence-corrected chi connectivity index (χ2v) is 9.81. The zero-order chi connectivity index (χ0) is 21.7. The third-order valence-electron chi connectivity index (χ3n) is 5.51. The Labute approximate surface area is 184 Å². The van der Waals surface area contributed by atoms with Crippen LogP contribution in [0, 0.1) is 12.8 Å². The van der Waals surface area contributed by atoms with Crippen molar-refractivity contribution in [2.24, 2.45) is 5.92 Å². The van der Waals surface area contributed by atoms with Crippen LogP contribution in [0.3, 0.4) is 0 Å². The summed E-state index contributed by atoms with van der Waals surface area (Å²) in [5.41, 5.74) is 1.66. The molecule has 6 nitrogen and oxygen atoms in total. The van der Waals surface area contributed by atoms with Gasteiger partial charge in [0.2, 0.25) is 0 Å². The predicted molar refractivity (Wildman–Crippen MR) is 126 cm³/mol. The molecule has 3 N–H and O–H groups in total. The lowest BCUT2D eigenvalue weighted by atomic mass is 9.86. The fourth-order valence-electron chi connectivity index (χ4n) is 3.76. The second kappa shape index (κ2) is 9.66. The van der Waals surface area contributed by atoms with Crippen LogP contribution in [0.15, 0.2) is 47.4 Å². The molecule has 3 rings (SSSR count). The lowest BCUT2D eigenvalue weighted by molar-refractivity contribution is 0.309. The van der Waals surface area contributed by atoms with Crippen molar-refractivity contribution >= 4 is 38.7 Å². The van der Waals surface area contributed by atoms with E-state index in [4.69, 9.17) is 17.0 Å². The van der Waals surface area contributed by atoms with Crippen LogP contribution in [0.5, 0.6) is 5.75 Å². The molecule has 0 aliphatic heterocycles. The molecule has 0 heterocycles. The lowest BCUT2D eigenvalue weighted by Crippen LogP contribution is -2.43. The molecule has 0 spiro atoms. The van der Waals surface area contributed by atoms with Gasteiger partial charge in [-0.2, -0.15) is 0 Å². The number of thiocarbonyl (C=S) groups is 1. The van der Waals surface area contributed by atoms with Gasteiger partial charge in [0.15, 0.2) is 5.11 Å². The molecule has 0 radical (unpaired) electrons. The Balaban J connectivity index is 1.76. The summed E-state index contributed by atoms with van der Waals surface area (Å²) in [6, 6.07) is 12.5. The minimum Gasteiger partial charge on any atom is -0.495 e. The third kappa shape index (κ3) is 5.43. The van der Waals surface area contributed by atoms with E-state index in [1.807, 2.05) is 6.07 Å². The third-order valence-corrected chi connectivity index (χ3v) is 7.24. The molecule has 1 fully saturated rings. The van der Waals surface area contributed by atoms with E-state index in [-0.39, 0.29) is 4.90 Å². The number of rotatable bonds is 6. The smallest absolute Gasteiger partial charge is 0.262 e. The van der Waals surface area contributed by atoms with E-state index in [1.165, 1.54) is 26.4 Å². The number of benzene rings is 2. The van der Waals surface area contributed by atoms with Gasteiger partial charge in [0.1, 0.15) is 5.75 Å². The summed E-state index contributed by atoms with van der Waals surface area (Å²) < 4.78 is 34.0. The number of sulfonamides is 1. The summed E-state index contributed by atoms with van der Waals surface area (Å²) in [6.45, 7) is 4.00. The number of ether oxygens (including phenoxy) is 1. The number of hydrogen-bond donors (Lipinski definition) is 3. The highest BCUT2D eigenvalue weighted by Crippen LogP contribution is 2.28. The molecule has 1 aliphatic carbocycles. The van der Waals surface area contributed by atoms with Crippen molar-refractivity contribution in [3.8, 4) is 5.75 Å². The first-order chi connectivity index (χ1) is 14.3. The van der Waals surface area contributed by atoms with Crippen molar-refractivity contribution in [1.29, 1.82) is 0 Å². The van der Waals surface area contributed by atoms with Crippen molar-refractivity contribution in [2.75, 3.05) is 17.1 Å². The second-order valence-electron chi connectivity index (χ2n) is 7.75. The molecule has 0 amide bonds. The average Bonchev–Trinajstić information content (AvgIpc) is 2.71. The Morgan fingerprint density at radius 2 is 1.87 bits per heavy atom. The lowest BCUT2D eigenvalue weighted by Gasteiger charge is -2.30. The van der Waals surface area contributed by atoms with E-state index >= 15 is 0 Å². The quantitative estimate of drug-likeness (QED) is 0.559. The van der Waals surface area contributed by atoms with Crippen molar-refractivity contribution in [3.63, 3.8) is 0 Å². The molecule has 0 aromatic heterocycles. The predicted octanol–water partition coefficient (Wildman–Crippen LogP) is 4.67. The van der Waals surface area contributed by atoms with Gasteiger partial charge < -0.3 is 15.4 Å². The number of nitrogens with one attached hydrogen (secondary N) is 3. The van der Waals surface area contributed by atoms with Crippen molar-refractivity contribution in [2.45, 2.75) is 50.5 Å². The Hall–Kier alpha value is -2.32. The van der Waals surface area contributed by atoms with Gasteiger partial charge in [0.25, 0.3) is 10.0 Å². The molecule has 0 bridgehead atoms. The standard InChI is InChI=1S/C22H29N3O3S2/c1-15-8-4-5-9-18(15)24-22(29)23-17-13-12-16(2)21(14-17)30(26,27)25-19-10-6-7-11-20(19)28-3/h6-7,10-15,18,25H,4-5,8-9H2,1-3H3,(H2,23,24,29). The fraction of sp³-hybridized carbons (Fsp3) is 0.409. The summed E-state index contributed by atoms with van der Waals surface area (Å²) >= 11 is 5.47. The van der Waals surface area contributed by atoms with Gasteiger partial charge in [-0.25, -0.2) is 8.42 Å². The van der Waals surface area contributed by atoms with E-state index in [2.05, 4.69) is 22.3 Å². The Kier molecular flexibility index (Phi) is 7.20. The van der Waals surface area contributed by atoms with Crippen LogP contribution in [-0.2, 0) is 10.0 Å². The highest BCUT2D eigenvalue weighted by molar-refractivity contribution is 7.92. The number of para-hydroxylation sites is 2. The minimum atomic E-state index is -3.80. The molecule has 0 saturated heterocycles. The van der Waals surface area contributed by atoms with Gasteiger partial charge in [-0.15, -0.1) is 0 Å². The van der Waals surface area contributed by atoms with Crippen molar-refractivity contribution in [1.82, 2.24) is 5.32 Å². The Morgan fingerprint density at radius 1 is 1.13 bits per heavy atom. The van der Waals surface area contributed by atoms with E-state index in [1.54, 1.807) is 43.3 Å². The van der Waals surface area contributed by atoms with Gasteiger partial charge in [0, 0.05) is 11.7 Å². The number of methoxy groups -OCH3 is 1. The van der Waals surface area contributed by atoms with Gasteiger partial charge in [-0.1, -0.05) is 38.0 Å². The SMILES string of the molecule is COc1ccccc1NS(=O)(=O)c1cc(NC(=S)NC2CCCCC2C)ccc1C. The monoisotopic (exact) mass is 447 g/mol. The van der Waals surface area contributed by atoms with Gasteiger partial charge in [0.05, 0.1) is 17.7 Å². The molecule has 2 atom stereocenters. The summed E-state index contributed by atoms with van der Waals surface area (Å²) in [5, 5.41) is 7.04. The number of aryl methyl sites for hydroxylation is 1. The summed E-state index contributed by atoms with van der Waals surface area (Å²) in [7, 11) is -2.30. The molecule has 2 aromatic carbocycles. The summed E-state index contributed by atoms with van der Waals surface area (Å²) in [4.78, 5) is 0.187. The maximum atomic E-state index is 13.0. The van der Waals surface area contributed by atoms with Crippen LogP contribution in [0.2, 0.25) is 0 Å². The fourth-order valence-corrected chi connectivity index (χ4v) is 5.37. The normalized spacial score (nSPS) is 19.0. The largest absolute Gasteiger partial charge is 0.495 e. The summed E-state index contributed by atoms with van der Waals surface area (Å²) in [6.07, 6.45) is 4.76. The minimum absolute atomic E-state index is 0.187. The first-order valence-electron chi connectivity index (χ1n) is 10.1. The van der Waals surface area contributed by atoms with E-state index < -0.39 is 10.0 Å². The van der Waals surface area contributed by atoms with Crippen LogP contribution in [-0.4, -0.2) is 26.7 Å². The number of hydrogen-bond acceptors (Lipinski definition) is 4. The molecule has 1 aliphatic rings. The van der Waals surface area contributed by atoms with E-state index in [0.717, 1.165) is 6.42 Å². The van der Waals surface area contributed by atoms with Crippen LogP contribution in [0.1, 0.15) is 38.2 Å². The average molecular weight is 448 g/mol. The topological polar surface area (TPSA) is 79.5 Å². The molecule has 8 heteroatoms. The zero-order valence-corrected chi connectivity index (χ0v) is 19.2. The van der Waals surface area contributed by atoms with Crippen LogP contribution >= 0.6 is 12.2 Å². The molecular weight excluding hydrogens is 418 g/mol. The molecule has 2 aromatic rings. The maximum absolute atomic E-state index is 13.0. The Bertz CT molecular complexity index is 1010. The van der Waals surface area contributed by atoms with Crippen LogP contribution in [0.25, 0.3) is 0 Å². The highest BCUT2D eigenvalue weighted by Gasteiger charge is 2.22. The summed E-state index contributed by atoms with van der Waals surface area (Å²) in [5.74, 6) is 1.03. The molecule has 30 heavy (non-hydrogen) atoms. The Morgan fingerprint density at radius 3 is 2.60 bits per heavy atom. The molecular formula is C22H29N3O3S2. The van der Waals surface area contributed by atoms with Crippen molar-refractivity contribution < 1.29 is 13.2 Å². The first kappa shape index (κ1) is 22.4. The van der Waals surface area contributed by atoms with Gasteiger partial charge in [-0.3, -0.25) is 4.72 Å². The van der Waals surface area contributed by atoms with Gasteiger partial charge >= 0.3 is 0 Å². The van der Waals surface area contributed by atoms with E-state index in [9.17, 15) is 8.42 Å². The maximum Gasteiger partial charge on any atom is 0.262 e.